The molecule has 2 saturated carbocycles. The van der Waals surface area contributed by atoms with Crippen molar-refractivity contribution < 1.29 is 14.3 Å². The number of carbonyl (C=O) groups excluding carboxylic acids is 1. The van der Waals surface area contributed by atoms with Crippen LogP contribution < -0.4 is 9.47 Å². The number of nitriles is 1. The Morgan fingerprint density at radius 2 is 1.79 bits per heavy atom. The van der Waals surface area contributed by atoms with Crippen molar-refractivity contribution in [1.29, 1.82) is 5.26 Å². The third kappa shape index (κ3) is 3.00. The molecule has 0 aliphatic heterocycles. The molecule has 0 bridgehead atoms. The molecular formula is C20H25NO3. The van der Waals surface area contributed by atoms with E-state index >= 15 is 0 Å². The molecule has 1 aromatic carbocycles. The van der Waals surface area contributed by atoms with Crippen molar-refractivity contribution in [1.82, 2.24) is 0 Å². The highest BCUT2D eigenvalue weighted by Gasteiger charge is 2.53. The molecule has 3 unspecified atom stereocenters. The molecule has 0 N–H and O–H groups in total. The minimum Gasteiger partial charge on any atom is -0.497 e. The number of carbonyl (C=O) groups is 1. The van der Waals surface area contributed by atoms with Crippen molar-refractivity contribution >= 4 is 5.78 Å². The lowest BCUT2D eigenvalue weighted by molar-refractivity contribution is -0.129. The summed E-state index contributed by atoms with van der Waals surface area (Å²) in [6, 6.07) is 8.28. The van der Waals surface area contributed by atoms with Gasteiger partial charge in [-0.3, -0.25) is 4.79 Å². The van der Waals surface area contributed by atoms with E-state index in [2.05, 4.69) is 25.1 Å². The Hall–Kier alpha value is -2.02. The molecule has 0 spiro atoms. The van der Waals surface area contributed by atoms with E-state index < -0.39 is 5.41 Å². The number of nitrogens with zero attached hydrogens (tertiary/aromatic N) is 1. The van der Waals surface area contributed by atoms with Crippen molar-refractivity contribution in [2.75, 3.05) is 14.2 Å². The van der Waals surface area contributed by atoms with Gasteiger partial charge in [-0.1, -0.05) is 6.92 Å². The summed E-state index contributed by atoms with van der Waals surface area (Å²) >= 11 is 0. The zero-order chi connectivity index (χ0) is 17.3. The minimum atomic E-state index is -0.648. The smallest absolute Gasteiger partial charge is 0.156 e. The van der Waals surface area contributed by atoms with Gasteiger partial charge in [-0.15, -0.1) is 0 Å². The molecule has 3 atom stereocenters. The van der Waals surface area contributed by atoms with Crippen molar-refractivity contribution in [2.24, 2.45) is 17.3 Å². The number of ether oxygens (including phenoxy) is 2. The standard InChI is InChI=1S/C20H25NO3/c1-13-8-14(15-9-16(23-2)11-17(10-15)24-3)4-5-18(13)19(22)20(12-21)6-7-20/h9-11,13-14,18H,4-8H2,1-3H3. The van der Waals surface area contributed by atoms with E-state index in [-0.39, 0.29) is 11.7 Å². The fourth-order valence-electron chi connectivity index (χ4n) is 4.05. The fourth-order valence-corrected chi connectivity index (χ4v) is 4.05. The van der Waals surface area contributed by atoms with Crippen LogP contribution in [0, 0.1) is 28.6 Å². The number of hydrogen-bond donors (Lipinski definition) is 0. The summed E-state index contributed by atoms with van der Waals surface area (Å²) in [6.07, 6.45) is 4.31. The molecule has 128 valence electrons. The second kappa shape index (κ2) is 6.47. The minimum absolute atomic E-state index is 0.0379. The Bertz CT molecular complexity index is 650. The molecule has 3 rings (SSSR count). The van der Waals surface area contributed by atoms with Crippen molar-refractivity contribution in [2.45, 2.75) is 44.9 Å². The summed E-state index contributed by atoms with van der Waals surface area (Å²) in [5, 5.41) is 9.29. The second-order valence-electron chi connectivity index (χ2n) is 7.30. The zero-order valence-corrected chi connectivity index (χ0v) is 14.7. The highest BCUT2D eigenvalue weighted by Crippen LogP contribution is 2.51. The van der Waals surface area contributed by atoms with E-state index in [0.717, 1.165) is 43.6 Å². The predicted molar refractivity (Wildman–Crippen MR) is 91.1 cm³/mol. The number of methoxy groups -OCH3 is 2. The Morgan fingerprint density at radius 3 is 2.25 bits per heavy atom. The normalized spacial score (nSPS) is 27.8. The second-order valence-corrected chi connectivity index (χ2v) is 7.30. The lowest BCUT2D eigenvalue weighted by atomic mass is 9.69. The predicted octanol–water partition coefficient (Wildman–Crippen LogP) is 4.10. The van der Waals surface area contributed by atoms with Crippen LogP contribution in [0.15, 0.2) is 18.2 Å². The molecule has 2 aliphatic rings. The van der Waals surface area contributed by atoms with Crippen molar-refractivity contribution in [3.63, 3.8) is 0 Å². The highest BCUT2D eigenvalue weighted by molar-refractivity contribution is 5.92. The van der Waals surface area contributed by atoms with Gasteiger partial charge < -0.3 is 9.47 Å². The summed E-state index contributed by atoms with van der Waals surface area (Å²) in [5.74, 6) is 2.55. The summed E-state index contributed by atoms with van der Waals surface area (Å²) in [7, 11) is 3.32. The van der Waals surface area contributed by atoms with Crippen molar-refractivity contribution in [3.05, 3.63) is 23.8 Å². The molecule has 0 aromatic heterocycles. The molecule has 4 heteroatoms. The van der Waals surface area contributed by atoms with Gasteiger partial charge in [0.1, 0.15) is 16.9 Å². The van der Waals surface area contributed by atoms with Crippen LogP contribution in [0.3, 0.4) is 0 Å². The SMILES string of the molecule is COc1cc(OC)cc(C2CCC(C(=O)C3(C#N)CC3)C(C)C2)c1. The summed E-state index contributed by atoms with van der Waals surface area (Å²) in [6.45, 7) is 2.15. The molecule has 24 heavy (non-hydrogen) atoms. The van der Waals surface area contributed by atoms with Crippen LogP contribution in [-0.4, -0.2) is 20.0 Å². The van der Waals surface area contributed by atoms with Gasteiger partial charge in [0.2, 0.25) is 0 Å². The topological polar surface area (TPSA) is 59.3 Å². The molecule has 0 amide bonds. The van der Waals surface area contributed by atoms with Gasteiger partial charge in [0.05, 0.1) is 20.3 Å². The Balaban J connectivity index is 1.74. The maximum absolute atomic E-state index is 12.7. The van der Waals surface area contributed by atoms with Crippen LogP contribution in [-0.2, 0) is 4.79 Å². The molecule has 0 heterocycles. The monoisotopic (exact) mass is 327 g/mol. The average Bonchev–Trinajstić information content (AvgIpc) is 3.41. The molecule has 2 fully saturated rings. The third-order valence-electron chi connectivity index (χ3n) is 5.79. The van der Waals surface area contributed by atoms with Crippen LogP contribution >= 0.6 is 0 Å². The third-order valence-corrected chi connectivity index (χ3v) is 5.79. The zero-order valence-electron chi connectivity index (χ0n) is 14.7. The Morgan fingerprint density at radius 1 is 1.17 bits per heavy atom. The van der Waals surface area contributed by atoms with Crippen LogP contribution in [0.1, 0.15) is 50.5 Å². The number of Topliss-reactive ketones (excluding diaryl/α,β-unsaturated/α-hetero) is 1. The molecule has 1 aromatic rings. The van der Waals surface area contributed by atoms with Crippen LogP contribution in [0.2, 0.25) is 0 Å². The average molecular weight is 327 g/mol. The van der Waals surface area contributed by atoms with E-state index in [0.29, 0.717) is 11.8 Å². The van der Waals surface area contributed by atoms with E-state index in [1.54, 1.807) is 14.2 Å². The molecule has 0 radical (unpaired) electrons. The first-order valence-electron chi connectivity index (χ1n) is 8.71. The number of rotatable bonds is 5. The van der Waals surface area contributed by atoms with Gasteiger partial charge in [0.25, 0.3) is 0 Å². The summed E-state index contributed by atoms with van der Waals surface area (Å²) in [4.78, 5) is 12.7. The van der Waals surface area contributed by atoms with Gasteiger partial charge >= 0.3 is 0 Å². The first-order chi connectivity index (χ1) is 11.5. The van der Waals surface area contributed by atoms with Crippen LogP contribution in [0.25, 0.3) is 0 Å². The van der Waals surface area contributed by atoms with E-state index in [4.69, 9.17) is 9.47 Å². The molecule has 2 aliphatic carbocycles. The van der Waals surface area contributed by atoms with E-state index in [1.807, 2.05) is 6.07 Å². The van der Waals surface area contributed by atoms with Gasteiger partial charge in [-0.05, 0) is 61.6 Å². The Kier molecular flexibility index (Phi) is 4.54. The number of ketones is 1. The van der Waals surface area contributed by atoms with Crippen LogP contribution in [0.5, 0.6) is 11.5 Å². The molecule has 0 saturated heterocycles. The summed E-state index contributed by atoms with van der Waals surface area (Å²) < 4.78 is 10.7. The maximum Gasteiger partial charge on any atom is 0.156 e. The van der Waals surface area contributed by atoms with Gasteiger partial charge in [-0.25, -0.2) is 0 Å². The van der Waals surface area contributed by atoms with Gasteiger partial charge in [0, 0.05) is 12.0 Å². The first kappa shape index (κ1) is 16.8. The summed E-state index contributed by atoms with van der Waals surface area (Å²) in [5.41, 5.74) is 0.565. The number of benzene rings is 1. The molecule has 4 nitrogen and oxygen atoms in total. The maximum atomic E-state index is 12.7. The van der Waals surface area contributed by atoms with Crippen LogP contribution in [0.4, 0.5) is 0 Å². The van der Waals surface area contributed by atoms with E-state index in [1.165, 1.54) is 5.56 Å². The number of hydrogen-bond acceptors (Lipinski definition) is 4. The van der Waals surface area contributed by atoms with Crippen molar-refractivity contribution in [3.8, 4) is 17.6 Å². The first-order valence-corrected chi connectivity index (χ1v) is 8.71. The quantitative estimate of drug-likeness (QED) is 0.817. The van der Waals surface area contributed by atoms with Gasteiger partial charge in [-0.2, -0.15) is 5.26 Å². The van der Waals surface area contributed by atoms with Gasteiger partial charge in [0.15, 0.2) is 5.78 Å². The lowest BCUT2D eigenvalue weighted by Gasteiger charge is -2.34. The fraction of sp³-hybridized carbons (Fsp3) is 0.600. The lowest BCUT2D eigenvalue weighted by Crippen LogP contribution is -2.33. The molecular weight excluding hydrogens is 302 g/mol. The highest BCUT2D eigenvalue weighted by atomic mass is 16.5. The van der Waals surface area contributed by atoms with E-state index in [9.17, 15) is 10.1 Å². The largest absolute Gasteiger partial charge is 0.497 e. The Labute approximate surface area is 143 Å².